The average molecular weight is 354 g/mol. The van der Waals surface area contributed by atoms with E-state index < -0.39 is 11.9 Å². The molecule has 96 valence electrons. The van der Waals surface area contributed by atoms with Crippen molar-refractivity contribution in [3.05, 3.63) is 56.1 Å². The van der Waals surface area contributed by atoms with Crippen LogP contribution in [0.15, 0.2) is 33.4 Å². The Balaban J connectivity index is 2.53. The molecule has 0 saturated carbocycles. The number of benzene rings is 1. The van der Waals surface area contributed by atoms with Gasteiger partial charge < -0.3 is 4.42 Å². The number of halogens is 4. The van der Waals surface area contributed by atoms with E-state index in [1.807, 2.05) is 0 Å². The molecule has 1 aromatic heterocycles. The fourth-order valence-electron chi connectivity index (χ4n) is 1.62. The third kappa shape index (κ3) is 2.41. The molecular weight excluding hydrogens is 346 g/mol. The summed E-state index contributed by atoms with van der Waals surface area (Å²) < 4.78 is 19.5. The first-order chi connectivity index (χ1) is 8.56. The van der Waals surface area contributed by atoms with Crippen molar-refractivity contribution in [1.29, 1.82) is 0 Å². The van der Waals surface area contributed by atoms with Crippen LogP contribution in [-0.4, -0.2) is 0 Å². The van der Waals surface area contributed by atoms with Gasteiger partial charge in [0.05, 0.1) is 17.3 Å². The highest BCUT2D eigenvalue weighted by atomic mass is 79.9. The molecule has 0 fully saturated rings. The summed E-state index contributed by atoms with van der Waals surface area (Å²) in [5.74, 6) is 4.89. The molecule has 2 aromatic rings. The number of rotatable bonds is 3. The molecule has 7 heteroatoms. The molecular formula is C11H8BrCl2FN2O. The predicted octanol–water partition coefficient (Wildman–Crippen LogP) is 4.04. The first-order valence-corrected chi connectivity index (χ1v) is 6.43. The summed E-state index contributed by atoms with van der Waals surface area (Å²) in [5, 5.41) is 0.142. The van der Waals surface area contributed by atoms with Gasteiger partial charge in [-0.3, -0.25) is 5.84 Å². The summed E-state index contributed by atoms with van der Waals surface area (Å²) >= 11 is 14.8. The predicted molar refractivity (Wildman–Crippen MR) is 72.0 cm³/mol. The molecule has 1 unspecified atom stereocenters. The Bertz CT molecular complexity index is 576. The molecule has 2 rings (SSSR count). The van der Waals surface area contributed by atoms with Crippen LogP contribution < -0.4 is 11.3 Å². The van der Waals surface area contributed by atoms with Crippen LogP contribution in [0.25, 0.3) is 0 Å². The lowest BCUT2D eigenvalue weighted by Gasteiger charge is -2.17. The van der Waals surface area contributed by atoms with Crippen molar-refractivity contribution in [1.82, 2.24) is 5.43 Å². The average Bonchev–Trinajstić information content (AvgIpc) is 2.77. The number of nitrogens with one attached hydrogen (secondary N) is 1. The fraction of sp³-hybridized carbons (Fsp3) is 0.0909. The zero-order valence-electron chi connectivity index (χ0n) is 8.88. The third-order valence-electron chi connectivity index (χ3n) is 2.50. The molecule has 0 spiro atoms. The first kappa shape index (κ1) is 13.8. The van der Waals surface area contributed by atoms with Gasteiger partial charge in [0.1, 0.15) is 5.82 Å². The van der Waals surface area contributed by atoms with Gasteiger partial charge >= 0.3 is 0 Å². The highest BCUT2D eigenvalue weighted by Crippen LogP contribution is 2.35. The van der Waals surface area contributed by atoms with Gasteiger partial charge in [0.15, 0.2) is 5.22 Å². The molecule has 3 nitrogen and oxygen atoms in total. The van der Waals surface area contributed by atoms with Crippen LogP contribution in [0.1, 0.15) is 17.2 Å². The summed E-state index contributed by atoms with van der Waals surface area (Å²) in [6, 6.07) is 4.18. The lowest BCUT2D eigenvalue weighted by molar-refractivity contribution is 0.540. The molecule has 0 amide bonds. The van der Waals surface area contributed by atoms with Crippen molar-refractivity contribution in [3.8, 4) is 0 Å². The zero-order chi connectivity index (χ0) is 13.3. The zero-order valence-corrected chi connectivity index (χ0v) is 12.0. The van der Waals surface area contributed by atoms with Crippen LogP contribution in [-0.2, 0) is 0 Å². The van der Waals surface area contributed by atoms with E-state index in [2.05, 4.69) is 21.4 Å². The minimum absolute atomic E-state index is 0.00707. The number of nitrogens with two attached hydrogens (primary N) is 1. The van der Waals surface area contributed by atoms with Crippen LogP contribution in [0.5, 0.6) is 0 Å². The van der Waals surface area contributed by atoms with Crippen molar-refractivity contribution in [2.75, 3.05) is 0 Å². The molecule has 0 aliphatic rings. The van der Waals surface area contributed by atoms with E-state index >= 15 is 0 Å². The molecule has 1 heterocycles. The molecule has 3 N–H and O–H groups in total. The van der Waals surface area contributed by atoms with Gasteiger partial charge in [0, 0.05) is 15.6 Å². The standard InChI is InChI=1S/C11H8BrCl2FN2O/c12-7-2-1-5(9(15)8(7)13)10(17-16)6-3-4-18-11(6)14/h1-4,10,17H,16H2. The summed E-state index contributed by atoms with van der Waals surface area (Å²) in [7, 11) is 0. The fourth-order valence-corrected chi connectivity index (χ4v) is 2.32. The van der Waals surface area contributed by atoms with Gasteiger partial charge in [-0.15, -0.1) is 0 Å². The topological polar surface area (TPSA) is 51.2 Å². The molecule has 0 aliphatic heterocycles. The van der Waals surface area contributed by atoms with Crippen molar-refractivity contribution in [3.63, 3.8) is 0 Å². The SMILES string of the molecule is NNC(c1ccoc1Cl)c1ccc(Br)c(Cl)c1F. The maximum atomic E-state index is 14.1. The second-order valence-corrected chi connectivity index (χ2v) is 5.09. The lowest BCUT2D eigenvalue weighted by Crippen LogP contribution is -2.29. The van der Waals surface area contributed by atoms with E-state index in [4.69, 9.17) is 33.5 Å². The Morgan fingerprint density at radius 3 is 2.56 bits per heavy atom. The summed E-state index contributed by atoms with van der Waals surface area (Å²) in [6.07, 6.45) is 1.40. The summed E-state index contributed by atoms with van der Waals surface area (Å²) in [5.41, 5.74) is 3.32. The maximum absolute atomic E-state index is 14.1. The Morgan fingerprint density at radius 2 is 2.00 bits per heavy atom. The number of hydrogen-bond donors (Lipinski definition) is 2. The Kier molecular flexibility index (Phi) is 4.29. The molecule has 0 radical (unpaired) electrons. The Hall–Kier alpha value is -0.590. The van der Waals surface area contributed by atoms with Gasteiger partial charge in [-0.25, -0.2) is 9.82 Å². The molecule has 1 atom stereocenters. The van der Waals surface area contributed by atoms with E-state index in [-0.39, 0.29) is 15.8 Å². The van der Waals surface area contributed by atoms with Gasteiger partial charge in [-0.1, -0.05) is 17.7 Å². The minimum Gasteiger partial charge on any atom is -0.453 e. The van der Waals surface area contributed by atoms with Gasteiger partial charge in [0.25, 0.3) is 0 Å². The lowest BCUT2D eigenvalue weighted by atomic mass is 10.0. The largest absolute Gasteiger partial charge is 0.453 e. The number of hydrogen-bond acceptors (Lipinski definition) is 3. The Morgan fingerprint density at radius 1 is 1.28 bits per heavy atom. The highest BCUT2D eigenvalue weighted by molar-refractivity contribution is 9.10. The van der Waals surface area contributed by atoms with Crippen molar-refractivity contribution in [2.45, 2.75) is 6.04 Å². The molecule has 0 aliphatic carbocycles. The summed E-state index contributed by atoms with van der Waals surface area (Å²) in [4.78, 5) is 0. The van der Waals surface area contributed by atoms with Crippen LogP contribution in [0.4, 0.5) is 4.39 Å². The van der Waals surface area contributed by atoms with E-state index in [0.717, 1.165) is 0 Å². The quantitative estimate of drug-likeness (QED) is 0.497. The molecule has 1 aromatic carbocycles. The second-order valence-electron chi connectivity index (χ2n) is 3.51. The van der Waals surface area contributed by atoms with E-state index in [0.29, 0.717) is 10.0 Å². The molecule has 0 bridgehead atoms. The maximum Gasteiger partial charge on any atom is 0.198 e. The van der Waals surface area contributed by atoms with Crippen molar-refractivity contribution < 1.29 is 8.81 Å². The van der Waals surface area contributed by atoms with Crippen molar-refractivity contribution >= 4 is 39.1 Å². The van der Waals surface area contributed by atoms with Crippen LogP contribution >= 0.6 is 39.1 Å². The number of hydrazine groups is 1. The number of furan rings is 1. The second kappa shape index (κ2) is 5.59. The van der Waals surface area contributed by atoms with Gasteiger partial charge in [-0.2, -0.15) is 0 Å². The monoisotopic (exact) mass is 352 g/mol. The van der Waals surface area contributed by atoms with Gasteiger partial charge in [0.2, 0.25) is 0 Å². The van der Waals surface area contributed by atoms with Crippen LogP contribution in [0.3, 0.4) is 0 Å². The summed E-state index contributed by atoms with van der Waals surface area (Å²) in [6.45, 7) is 0. The van der Waals surface area contributed by atoms with E-state index in [1.165, 1.54) is 6.26 Å². The Labute approximate surface area is 121 Å². The van der Waals surface area contributed by atoms with Crippen molar-refractivity contribution in [2.24, 2.45) is 5.84 Å². The van der Waals surface area contributed by atoms with Crippen LogP contribution in [0, 0.1) is 5.82 Å². The molecule has 0 saturated heterocycles. The molecule has 18 heavy (non-hydrogen) atoms. The third-order valence-corrected chi connectivity index (χ3v) is 4.07. The van der Waals surface area contributed by atoms with E-state index in [9.17, 15) is 4.39 Å². The van der Waals surface area contributed by atoms with Crippen LogP contribution in [0.2, 0.25) is 10.2 Å². The highest BCUT2D eigenvalue weighted by Gasteiger charge is 2.23. The smallest absolute Gasteiger partial charge is 0.198 e. The first-order valence-electron chi connectivity index (χ1n) is 4.88. The normalized spacial score (nSPS) is 12.7. The van der Waals surface area contributed by atoms with Gasteiger partial charge in [-0.05, 0) is 39.7 Å². The van der Waals surface area contributed by atoms with E-state index in [1.54, 1.807) is 18.2 Å². The minimum atomic E-state index is -0.637.